The number of para-hydroxylation sites is 1. The Morgan fingerprint density at radius 2 is 2.00 bits per heavy atom. The molecule has 0 atom stereocenters. The van der Waals surface area contributed by atoms with Crippen LogP contribution in [0.3, 0.4) is 0 Å². The van der Waals surface area contributed by atoms with Gasteiger partial charge in [0.15, 0.2) is 0 Å². The zero-order chi connectivity index (χ0) is 13.7. The highest BCUT2D eigenvalue weighted by Gasteiger charge is 2.24. The molecule has 6 heteroatoms. The van der Waals surface area contributed by atoms with Gasteiger partial charge >= 0.3 is 5.97 Å². The van der Waals surface area contributed by atoms with E-state index >= 15 is 0 Å². The Balaban J connectivity index is 0.00000200. The smallest absolute Gasteiger partial charge is 0.306 e. The zero-order valence-electron chi connectivity index (χ0n) is 11.1. The van der Waals surface area contributed by atoms with Crippen LogP contribution in [0.25, 0.3) is 0 Å². The number of ether oxygens (including phenoxy) is 1. The highest BCUT2D eigenvalue weighted by molar-refractivity contribution is 6.32. The maximum absolute atomic E-state index is 10.8. The molecule has 0 radical (unpaired) electrons. The molecule has 112 valence electrons. The summed E-state index contributed by atoms with van der Waals surface area (Å²) in [6, 6.07) is 7.40. The molecule has 0 saturated carbocycles. The summed E-state index contributed by atoms with van der Waals surface area (Å²) in [5.74, 6) is -0.155. The molecule has 4 nitrogen and oxygen atoms in total. The molecule has 2 rings (SSSR count). The van der Waals surface area contributed by atoms with Crippen LogP contribution in [0.15, 0.2) is 24.3 Å². The molecule has 0 bridgehead atoms. The molecule has 0 unspecified atom stereocenters. The van der Waals surface area contributed by atoms with E-state index in [9.17, 15) is 4.79 Å². The van der Waals surface area contributed by atoms with Crippen LogP contribution >= 0.6 is 24.0 Å². The van der Waals surface area contributed by atoms with Gasteiger partial charge in [-0.25, -0.2) is 0 Å². The monoisotopic (exact) mass is 319 g/mol. The van der Waals surface area contributed by atoms with Crippen molar-refractivity contribution in [3.05, 3.63) is 29.3 Å². The van der Waals surface area contributed by atoms with Crippen LogP contribution in [-0.4, -0.2) is 42.2 Å². The molecule has 0 aliphatic carbocycles. The van der Waals surface area contributed by atoms with E-state index in [1.807, 2.05) is 18.2 Å². The van der Waals surface area contributed by atoms with Crippen LogP contribution in [-0.2, 0) is 4.79 Å². The number of carboxylic acid groups (broad SMARTS) is 1. The Kier molecular flexibility index (Phi) is 7.13. The summed E-state index contributed by atoms with van der Waals surface area (Å²) in [7, 11) is 0. The summed E-state index contributed by atoms with van der Waals surface area (Å²) in [5, 5.41) is 9.54. The van der Waals surface area contributed by atoms with Gasteiger partial charge in [-0.1, -0.05) is 23.7 Å². The third-order valence-electron chi connectivity index (χ3n) is 3.44. The second kappa shape index (κ2) is 8.35. The van der Waals surface area contributed by atoms with Crippen LogP contribution in [0.2, 0.25) is 5.02 Å². The second-order valence-electron chi connectivity index (χ2n) is 4.73. The molecule has 1 N–H and O–H groups in total. The first-order chi connectivity index (χ1) is 9.16. The average Bonchev–Trinajstić information content (AvgIpc) is 2.41. The van der Waals surface area contributed by atoms with E-state index in [-0.39, 0.29) is 18.3 Å². The van der Waals surface area contributed by atoms with Crippen molar-refractivity contribution in [1.82, 2.24) is 4.90 Å². The summed E-state index contributed by atoms with van der Waals surface area (Å²) in [4.78, 5) is 13.1. The molecule has 0 aromatic heterocycles. The fourth-order valence-corrected chi connectivity index (χ4v) is 2.44. The van der Waals surface area contributed by atoms with Gasteiger partial charge < -0.3 is 9.84 Å². The number of hydrogen-bond donors (Lipinski definition) is 1. The van der Waals surface area contributed by atoms with E-state index in [4.69, 9.17) is 21.4 Å². The molecular formula is C14H19Cl2NO3. The number of halogens is 2. The zero-order valence-corrected chi connectivity index (χ0v) is 12.7. The number of benzene rings is 1. The number of aliphatic carboxylic acids is 1. The highest BCUT2D eigenvalue weighted by Crippen LogP contribution is 2.23. The molecule has 1 aliphatic rings. The number of nitrogens with zero attached hydrogens (tertiary/aromatic N) is 1. The van der Waals surface area contributed by atoms with E-state index in [2.05, 4.69) is 4.90 Å². The van der Waals surface area contributed by atoms with Gasteiger partial charge in [0.25, 0.3) is 0 Å². The molecule has 1 aromatic carbocycles. The van der Waals surface area contributed by atoms with Gasteiger partial charge in [0.05, 0.1) is 10.9 Å². The van der Waals surface area contributed by atoms with Gasteiger partial charge in [0.1, 0.15) is 12.4 Å². The van der Waals surface area contributed by atoms with Crippen LogP contribution < -0.4 is 4.74 Å². The maximum Gasteiger partial charge on any atom is 0.306 e. The number of carboxylic acids is 1. The topological polar surface area (TPSA) is 49.8 Å². The summed E-state index contributed by atoms with van der Waals surface area (Å²) < 4.78 is 5.62. The van der Waals surface area contributed by atoms with Crippen molar-refractivity contribution in [3.63, 3.8) is 0 Å². The lowest BCUT2D eigenvalue weighted by atomic mass is 9.97. The lowest BCUT2D eigenvalue weighted by Crippen LogP contribution is -2.38. The third kappa shape index (κ3) is 4.85. The standard InChI is InChI=1S/C14H18ClNO3.ClH/c15-12-3-1-2-4-13(12)19-10-9-16-7-5-11(6-8-16)14(17)18;/h1-4,11H,5-10H2,(H,17,18);1H. The summed E-state index contributed by atoms with van der Waals surface area (Å²) in [5.41, 5.74) is 0. The number of carbonyl (C=O) groups is 1. The average molecular weight is 320 g/mol. The Hall–Kier alpha value is -0.970. The van der Waals surface area contributed by atoms with Gasteiger partial charge in [-0.3, -0.25) is 9.69 Å². The number of likely N-dealkylation sites (tertiary alicyclic amines) is 1. The molecule has 1 aliphatic heterocycles. The predicted molar refractivity (Wildman–Crippen MR) is 81.0 cm³/mol. The molecule has 0 spiro atoms. The van der Waals surface area contributed by atoms with Crippen LogP contribution in [0.1, 0.15) is 12.8 Å². The summed E-state index contributed by atoms with van der Waals surface area (Å²) in [6.45, 7) is 3.02. The minimum atomic E-state index is -0.674. The lowest BCUT2D eigenvalue weighted by molar-refractivity contribution is -0.143. The fourth-order valence-electron chi connectivity index (χ4n) is 2.25. The van der Waals surface area contributed by atoms with Crippen LogP contribution in [0.5, 0.6) is 5.75 Å². The molecule has 1 saturated heterocycles. The lowest BCUT2D eigenvalue weighted by Gasteiger charge is -2.29. The first-order valence-corrected chi connectivity index (χ1v) is 6.87. The maximum atomic E-state index is 10.8. The van der Waals surface area contributed by atoms with Crippen molar-refractivity contribution in [2.24, 2.45) is 5.92 Å². The largest absolute Gasteiger partial charge is 0.491 e. The Morgan fingerprint density at radius 1 is 1.35 bits per heavy atom. The van der Waals surface area contributed by atoms with Gasteiger partial charge in [-0.05, 0) is 38.1 Å². The van der Waals surface area contributed by atoms with Crippen molar-refractivity contribution >= 4 is 30.0 Å². The van der Waals surface area contributed by atoms with E-state index in [1.54, 1.807) is 6.07 Å². The highest BCUT2D eigenvalue weighted by atomic mass is 35.5. The van der Waals surface area contributed by atoms with Crippen molar-refractivity contribution in [2.45, 2.75) is 12.8 Å². The third-order valence-corrected chi connectivity index (χ3v) is 3.75. The van der Waals surface area contributed by atoms with Crippen LogP contribution in [0, 0.1) is 5.92 Å². The van der Waals surface area contributed by atoms with E-state index in [0.717, 1.165) is 32.5 Å². The van der Waals surface area contributed by atoms with Crippen molar-refractivity contribution in [3.8, 4) is 5.75 Å². The molecule has 20 heavy (non-hydrogen) atoms. The molecule has 1 fully saturated rings. The first-order valence-electron chi connectivity index (χ1n) is 6.49. The van der Waals surface area contributed by atoms with Crippen LogP contribution in [0.4, 0.5) is 0 Å². The second-order valence-corrected chi connectivity index (χ2v) is 5.14. The van der Waals surface area contributed by atoms with Gasteiger partial charge in [-0.2, -0.15) is 0 Å². The summed E-state index contributed by atoms with van der Waals surface area (Å²) in [6.07, 6.45) is 1.45. The number of piperidine rings is 1. The molecule has 0 amide bonds. The fraction of sp³-hybridized carbons (Fsp3) is 0.500. The molecular weight excluding hydrogens is 301 g/mol. The van der Waals surface area contributed by atoms with Crippen molar-refractivity contribution < 1.29 is 14.6 Å². The SMILES string of the molecule is Cl.O=C(O)C1CCN(CCOc2ccccc2Cl)CC1. The van der Waals surface area contributed by atoms with E-state index in [0.29, 0.717) is 17.4 Å². The van der Waals surface area contributed by atoms with Gasteiger partial charge in [0, 0.05) is 6.54 Å². The Morgan fingerprint density at radius 3 is 2.60 bits per heavy atom. The van der Waals surface area contributed by atoms with Crippen molar-refractivity contribution in [2.75, 3.05) is 26.2 Å². The number of hydrogen-bond acceptors (Lipinski definition) is 3. The van der Waals surface area contributed by atoms with Gasteiger partial charge in [-0.15, -0.1) is 12.4 Å². The van der Waals surface area contributed by atoms with E-state index < -0.39 is 5.97 Å². The minimum absolute atomic E-state index is 0. The van der Waals surface area contributed by atoms with E-state index in [1.165, 1.54) is 0 Å². The normalized spacial score (nSPS) is 16.4. The molecule has 1 aromatic rings. The van der Waals surface area contributed by atoms with Crippen molar-refractivity contribution in [1.29, 1.82) is 0 Å². The predicted octanol–water partition coefficient (Wildman–Crippen LogP) is 2.94. The first kappa shape index (κ1) is 17.1. The van der Waals surface area contributed by atoms with Gasteiger partial charge in [0.2, 0.25) is 0 Å². The Labute approximate surface area is 130 Å². The minimum Gasteiger partial charge on any atom is -0.491 e. The molecule has 1 heterocycles. The number of rotatable bonds is 5. The quantitative estimate of drug-likeness (QED) is 0.906. The Bertz CT molecular complexity index is 434. The summed E-state index contributed by atoms with van der Waals surface area (Å²) >= 11 is 6.00.